The average molecular weight is 284 g/mol. The third-order valence-electron chi connectivity index (χ3n) is 3.00. The largest absolute Gasteiger partial charge is 0.478 e. The molecule has 1 atom stereocenters. The molecule has 20 heavy (non-hydrogen) atoms. The van der Waals surface area contributed by atoms with Gasteiger partial charge in [0.25, 0.3) is 0 Å². The van der Waals surface area contributed by atoms with Gasteiger partial charge in [0.05, 0.1) is 0 Å². The molecule has 4 nitrogen and oxygen atoms in total. The fourth-order valence-electron chi connectivity index (χ4n) is 1.41. The van der Waals surface area contributed by atoms with E-state index in [0.717, 1.165) is 12.8 Å². The lowest BCUT2D eigenvalue weighted by molar-refractivity contribution is -0.133. The van der Waals surface area contributed by atoms with E-state index in [0.29, 0.717) is 11.5 Å². The van der Waals surface area contributed by atoms with Crippen LogP contribution in [0, 0.1) is 5.92 Å². The van der Waals surface area contributed by atoms with E-state index in [1.807, 2.05) is 6.08 Å². The number of carboxylic acids is 2. The van der Waals surface area contributed by atoms with Gasteiger partial charge in [0, 0.05) is 11.1 Å². The van der Waals surface area contributed by atoms with Crippen LogP contribution < -0.4 is 0 Å². The summed E-state index contributed by atoms with van der Waals surface area (Å²) in [5.74, 6) is -1.07. The highest BCUT2D eigenvalue weighted by Gasteiger charge is 2.05. The molecule has 0 saturated carbocycles. The number of carboxylic acid groups (broad SMARTS) is 2. The van der Waals surface area contributed by atoms with Gasteiger partial charge in [-0.05, 0) is 26.2 Å². The van der Waals surface area contributed by atoms with Crippen LogP contribution in [0.3, 0.4) is 0 Å². The van der Waals surface area contributed by atoms with Crippen molar-refractivity contribution >= 4 is 11.9 Å². The number of carbonyl (C=O) groups is 2. The van der Waals surface area contributed by atoms with Crippen LogP contribution in [0.4, 0.5) is 0 Å². The number of allylic oxidation sites excluding steroid dienone is 1. The van der Waals surface area contributed by atoms with Gasteiger partial charge in [0.2, 0.25) is 0 Å². The van der Waals surface area contributed by atoms with Crippen molar-refractivity contribution < 1.29 is 19.8 Å². The molecular weight excluding hydrogens is 256 g/mol. The van der Waals surface area contributed by atoms with Crippen LogP contribution >= 0.6 is 0 Å². The SMILES string of the molecule is C=C(C)C(=O)O.CCCCC(CC)C/C=C(\C)C(=O)O. The van der Waals surface area contributed by atoms with E-state index < -0.39 is 11.9 Å². The first-order valence-electron chi connectivity index (χ1n) is 7.04. The minimum absolute atomic E-state index is 0.176. The summed E-state index contributed by atoms with van der Waals surface area (Å²) >= 11 is 0. The van der Waals surface area contributed by atoms with Gasteiger partial charge < -0.3 is 10.2 Å². The van der Waals surface area contributed by atoms with E-state index >= 15 is 0 Å². The van der Waals surface area contributed by atoms with Gasteiger partial charge in [-0.3, -0.25) is 0 Å². The summed E-state index contributed by atoms with van der Waals surface area (Å²) in [4.78, 5) is 20.1. The van der Waals surface area contributed by atoms with Crippen LogP contribution in [0.1, 0.15) is 59.8 Å². The van der Waals surface area contributed by atoms with Crippen molar-refractivity contribution in [3.05, 3.63) is 23.8 Å². The second-order valence-electron chi connectivity index (χ2n) is 4.93. The molecule has 0 aromatic rings. The monoisotopic (exact) mass is 284 g/mol. The molecule has 0 heterocycles. The molecule has 0 spiro atoms. The molecule has 2 N–H and O–H groups in total. The molecular formula is C16H28O4. The average Bonchev–Trinajstić information content (AvgIpc) is 2.39. The zero-order valence-corrected chi connectivity index (χ0v) is 13.1. The van der Waals surface area contributed by atoms with Crippen molar-refractivity contribution in [1.82, 2.24) is 0 Å². The summed E-state index contributed by atoms with van der Waals surface area (Å²) in [5, 5.41) is 16.6. The van der Waals surface area contributed by atoms with Crippen LogP contribution in [0.15, 0.2) is 23.8 Å². The Kier molecular flexibility index (Phi) is 12.9. The normalized spacial score (nSPS) is 12.1. The molecule has 0 bridgehead atoms. The summed E-state index contributed by atoms with van der Waals surface area (Å²) < 4.78 is 0. The van der Waals surface area contributed by atoms with Crippen molar-refractivity contribution in [1.29, 1.82) is 0 Å². The molecule has 0 radical (unpaired) electrons. The van der Waals surface area contributed by atoms with E-state index in [2.05, 4.69) is 20.4 Å². The third kappa shape index (κ3) is 12.9. The smallest absolute Gasteiger partial charge is 0.330 e. The quantitative estimate of drug-likeness (QED) is 0.653. The molecule has 0 aliphatic heterocycles. The minimum atomic E-state index is -0.935. The Balaban J connectivity index is 0. The lowest BCUT2D eigenvalue weighted by Gasteiger charge is -2.11. The van der Waals surface area contributed by atoms with E-state index in [4.69, 9.17) is 10.2 Å². The first-order valence-corrected chi connectivity index (χ1v) is 7.04. The first kappa shape index (κ1) is 20.7. The zero-order chi connectivity index (χ0) is 16.1. The van der Waals surface area contributed by atoms with E-state index in [9.17, 15) is 9.59 Å². The molecule has 0 aliphatic carbocycles. The summed E-state index contributed by atoms with van der Waals surface area (Å²) in [7, 11) is 0. The van der Waals surface area contributed by atoms with Crippen molar-refractivity contribution in [3.63, 3.8) is 0 Å². The van der Waals surface area contributed by atoms with E-state index in [1.165, 1.54) is 26.2 Å². The fourth-order valence-corrected chi connectivity index (χ4v) is 1.41. The van der Waals surface area contributed by atoms with Crippen molar-refractivity contribution in [2.45, 2.75) is 59.8 Å². The second-order valence-corrected chi connectivity index (χ2v) is 4.93. The Morgan fingerprint density at radius 1 is 1.15 bits per heavy atom. The van der Waals surface area contributed by atoms with E-state index in [-0.39, 0.29) is 5.57 Å². The number of hydrogen-bond donors (Lipinski definition) is 2. The number of rotatable bonds is 8. The lowest BCUT2D eigenvalue weighted by Crippen LogP contribution is -2.00. The van der Waals surface area contributed by atoms with Crippen molar-refractivity contribution in [3.8, 4) is 0 Å². The van der Waals surface area contributed by atoms with Gasteiger partial charge in [0.15, 0.2) is 0 Å². The van der Waals surface area contributed by atoms with Crippen LogP contribution in [0.2, 0.25) is 0 Å². The molecule has 0 fully saturated rings. The van der Waals surface area contributed by atoms with Gasteiger partial charge in [0.1, 0.15) is 0 Å². The molecule has 116 valence electrons. The van der Waals surface area contributed by atoms with Gasteiger partial charge in [-0.2, -0.15) is 0 Å². The van der Waals surface area contributed by atoms with Gasteiger partial charge >= 0.3 is 11.9 Å². The predicted octanol–water partition coefficient (Wildman–Crippen LogP) is 4.27. The van der Waals surface area contributed by atoms with Crippen LogP contribution in [-0.2, 0) is 9.59 Å². The molecule has 0 aromatic heterocycles. The maximum absolute atomic E-state index is 10.5. The molecule has 0 rings (SSSR count). The molecule has 1 unspecified atom stereocenters. The summed E-state index contributed by atoms with van der Waals surface area (Å²) in [5.41, 5.74) is 0.648. The van der Waals surface area contributed by atoms with Crippen molar-refractivity contribution in [2.75, 3.05) is 0 Å². The number of hydrogen-bond acceptors (Lipinski definition) is 2. The Morgan fingerprint density at radius 2 is 1.65 bits per heavy atom. The zero-order valence-electron chi connectivity index (χ0n) is 13.1. The third-order valence-corrected chi connectivity index (χ3v) is 3.00. The summed E-state index contributed by atoms with van der Waals surface area (Å²) in [6, 6.07) is 0. The summed E-state index contributed by atoms with van der Waals surface area (Å²) in [6.45, 7) is 10.6. The highest BCUT2D eigenvalue weighted by atomic mass is 16.4. The number of aliphatic carboxylic acids is 2. The lowest BCUT2D eigenvalue weighted by atomic mass is 9.95. The van der Waals surface area contributed by atoms with Crippen LogP contribution in [-0.4, -0.2) is 22.2 Å². The molecule has 0 amide bonds. The van der Waals surface area contributed by atoms with Gasteiger partial charge in [-0.1, -0.05) is 52.2 Å². The summed E-state index contributed by atoms with van der Waals surface area (Å²) in [6.07, 6.45) is 7.59. The Hall–Kier alpha value is -1.58. The molecule has 0 aromatic carbocycles. The molecule has 0 aliphatic rings. The maximum atomic E-state index is 10.5. The Bertz CT molecular complexity index is 330. The minimum Gasteiger partial charge on any atom is -0.478 e. The highest BCUT2D eigenvalue weighted by molar-refractivity contribution is 5.85. The fraction of sp³-hybridized carbons (Fsp3) is 0.625. The molecule has 4 heteroatoms. The standard InChI is InChI=1S/C12H22O2.C4H6O2/c1-4-6-7-11(5-2)9-8-10(3)12(13)14;1-3(2)4(5)6/h8,11H,4-7,9H2,1-3H3,(H,13,14);1H2,2H3,(H,5,6)/b10-8+;. The Labute approximate surface area is 122 Å². The maximum Gasteiger partial charge on any atom is 0.330 e. The van der Waals surface area contributed by atoms with Crippen LogP contribution in [0.5, 0.6) is 0 Å². The first-order chi connectivity index (χ1) is 9.26. The highest BCUT2D eigenvalue weighted by Crippen LogP contribution is 2.17. The number of unbranched alkanes of at least 4 members (excludes halogenated alkanes) is 1. The second kappa shape index (κ2) is 12.5. The van der Waals surface area contributed by atoms with Gasteiger partial charge in [-0.15, -0.1) is 0 Å². The van der Waals surface area contributed by atoms with Crippen LogP contribution in [0.25, 0.3) is 0 Å². The predicted molar refractivity (Wildman–Crippen MR) is 81.8 cm³/mol. The van der Waals surface area contributed by atoms with E-state index in [1.54, 1.807) is 6.92 Å². The molecule has 0 saturated heterocycles. The Morgan fingerprint density at radius 3 is 1.95 bits per heavy atom. The van der Waals surface area contributed by atoms with Crippen molar-refractivity contribution in [2.24, 2.45) is 5.92 Å². The topological polar surface area (TPSA) is 74.6 Å². The van der Waals surface area contributed by atoms with Gasteiger partial charge in [-0.25, -0.2) is 9.59 Å².